The third kappa shape index (κ3) is 4.67. The van der Waals surface area contributed by atoms with Crippen LogP contribution in [0.15, 0.2) is 51.4 Å². The fraction of sp³-hybridized carbons (Fsp3) is 0.400. The Labute approximate surface area is 115 Å². The minimum atomic E-state index is -3.47. The van der Waals surface area contributed by atoms with Gasteiger partial charge in [-0.2, -0.15) is 0 Å². The third-order valence-corrected chi connectivity index (χ3v) is 4.43. The molecule has 1 aromatic rings. The van der Waals surface area contributed by atoms with Gasteiger partial charge in [-0.25, -0.2) is 8.42 Å². The number of benzene rings is 1. The molecule has 1 aromatic carbocycles. The number of hydrogen-bond donors (Lipinski definition) is 1. The van der Waals surface area contributed by atoms with Gasteiger partial charge in [0.25, 0.3) is 0 Å². The van der Waals surface area contributed by atoms with Crippen molar-refractivity contribution >= 4 is 9.84 Å². The quantitative estimate of drug-likeness (QED) is 0.643. The summed E-state index contributed by atoms with van der Waals surface area (Å²) in [5.41, 5.74) is 3.77. The smallest absolute Gasteiger partial charge is 0.210 e. The van der Waals surface area contributed by atoms with E-state index in [0.29, 0.717) is 29.1 Å². The zero-order chi connectivity index (χ0) is 14.3. The Morgan fingerprint density at radius 1 is 1.16 bits per heavy atom. The average Bonchev–Trinajstić information content (AvgIpc) is 2.38. The first kappa shape index (κ1) is 15.7. The van der Waals surface area contributed by atoms with Crippen LogP contribution in [0.2, 0.25) is 0 Å². The topological polar surface area (TPSA) is 54.4 Å². The lowest BCUT2D eigenvalue weighted by Gasteiger charge is -2.07. The second-order valence-corrected chi connectivity index (χ2v) is 6.52. The first-order valence-electron chi connectivity index (χ1n) is 6.32. The minimum absolute atomic E-state index is 0.0769. The van der Waals surface area contributed by atoms with E-state index < -0.39 is 9.84 Å². The number of sulfone groups is 1. The maximum absolute atomic E-state index is 12.5. The zero-order valence-electron chi connectivity index (χ0n) is 11.4. The molecule has 0 fully saturated rings. The Balaban J connectivity index is 3.15. The van der Waals surface area contributed by atoms with E-state index in [0.717, 1.165) is 5.57 Å². The van der Waals surface area contributed by atoms with Crippen molar-refractivity contribution in [2.24, 2.45) is 0 Å². The summed E-state index contributed by atoms with van der Waals surface area (Å²) in [6.45, 7) is 3.73. The number of unbranched alkanes of at least 4 members (excludes halogenated alkanes) is 1. The SMILES string of the molecule is CC(C)=C=C(CCCCO)S(=O)(=O)c1ccccc1. The van der Waals surface area contributed by atoms with Crippen LogP contribution in [-0.2, 0) is 9.84 Å². The van der Waals surface area contributed by atoms with Crippen LogP contribution in [-0.4, -0.2) is 20.1 Å². The highest BCUT2D eigenvalue weighted by atomic mass is 32.2. The first-order valence-corrected chi connectivity index (χ1v) is 7.81. The second kappa shape index (κ2) is 7.29. The molecule has 0 spiro atoms. The van der Waals surface area contributed by atoms with Crippen LogP contribution in [0, 0.1) is 0 Å². The van der Waals surface area contributed by atoms with Crippen molar-refractivity contribution in [2.45, 2.75) is 38.0 Å². The lowest BCUT2D eigenvalue weighted by molar-refractivity contribution is 0.285. The molecule has 19 heavy (non-hydrogen) atoms. The van der Waals surface area contributed by atoms with Crippen LogP contribution >= 0.6 is 0 Å². The molecule has 1 rings (SSSR count). The van der Waals surface area contributed by atoms with Crippen LogP contribution in [0.1, 0.15) is 33.1 Å². The summed E-state index contributed by atoms with van der Waals surface area (Å²) in [7, 11) is -3.47. The Hall–Kier alpha value is -1.35. The molecule has 104 valence electrons. The maximum atomic E-state index is 12.5. The summed E-state index contributed by atoms with van der Waals surface area (Å²) in [5, 5.41) is 8.80. The number of aliphatic hydroxyl groups excluding tert-OH is 1. The van der Waals surface area contributed by atoms with Crippen LogP contribution < -0.4 is 0 Å². The van der Waals surface area contributed by atoms with Crippen LogP contribution in [0.3, 0.4) is 0 Å². The Morgan fingerprint density at radius 3 is 2.32 bits per heavy atom. The van der Waals surface area contributed by atoms with E-state index in [-0.39, 0.29) is 6.61 Å². The summed E-state index contributed by atoms with van der Waals surface area (Å²) >= 11 is 0. The van der Waals surface area contributed by atoms with Gasteiger partial charge in [-0.15, -0.1) is 5.73 Å². The third-order valence-electron chi connectivity index (χ3n) is 2.58. The molecule has 0 amide bonds. The van der Waals surface area contributed by atoms with Crippen LogP contribution in [0.25, 0.3) is 0 Å². The van der Waals surface area contributed by atoms with Gasteiger partial charge in [0.05, 0.1) is 9.80 Å². The predicted molar refractivity (Wildman–Crippen MR) is 76.5 cm³/mol. The standard InChI is InChI=1S/C15H20O3S/c1-13(2)12-15(10-6-7-11-16)19(17,18)14-8-4-3-5-9-14/h3-5,8-9,16H,6-7,10-11H2,1-2H3. The van der Waals surface area contributed by atoms with Crippen LogP contribution in [0.5, 0.6) is 0 Å². The molecular weight excluding hydrogens is 260 g/mol. The highest BCUT2D eigenvalue weighted by Gasteiger charge is 2.19. The zero-order valence-corrected chi connectivity index (χ0v) is 12.2. The molecule has 0 aliphatic carbocycles. The van der Waals surface area contributed by atoms with Gasteiger partial charge in [0, 0.05) is 6.61 Å². The summed E-state index contributed by atoms with van der Waals surface area (Å²) in [6.07, 6.45) is 1.64. The van der Waals surface area contributed by atoms with Crippen molar-refractivity contribution in [3.8, 4) is 0 Å². The average molecular weight is 280 g/mol. The van der Waals surface area contributed by atoms with Crippen molar-refractivity contribution in [1.29, 1.82) is 0 Å². The number of hydrogen-bond acceptors (Lipinski definition) is 3. The molecule has 0 aliphatic rings. The van der Waals surface area contributed by atoms with Gasteiger partial charge in [0.15, 0.2) is 0 Å². The molecular formula is C15H20O3S. The molecule has 0 saturated carbocycles. The maximum Gasteiger partial charge on any atom is 0.210 e. The first-order chi connectivity index (χ1) is 8.98. The van der Waals surface area contributed by atoms with E-state index in [1.165, 1.54) is 0 Å². The normalized spacial score (nSPS) is 10.9. The van der Waals surface area contributed by atoms with Crippen molar-refractivity contribution in [3.05, 3.63) is 46.5 Å². The second-order valence-electron chi connectivity index (χ2n) is 4.55. The minimum Gasteiger partial charge on any atom is -0.396 e. The van der Waals surface area contributed by atoms with Gasteiger partial charge >= 0.3 is 0 Å². The summed E-state index contributed by atoms with van der Waals surface area (Å²) in [6, 6.07) is 8.39. The van der Waals surface area contributed by atoms with E-state index in [1.807, 2.05) is 13.8 Å². The van der Waals surface area contributed by atoms with E-state index in [1.54, 1.807) is 30.3 Å². The fourth-order valence-electron chi connectivity index (χ4n) is 1.68. The molecule has 0 aromatic heterocycles. The van der Waals surface area contributed by atoms with Crippen molar-refractivity contribution in [1.82, 2.24) is 0 Å². The van der Waals surface area contributed by atoms with E-state index >= 15 is 0 Å². The van der Waals surface area contributed by atoms with Crippen molar-refractivity contribution < 1.29 is 13.5 Å². The van der Waals surface area contributed by atoms with Gasteiger partial charge in [-0.05, 0) is 50.8 Å². The van der Waals surface area contributed by atoms with E-state index in [4.69, 9.17) is 5.11 Å². The molecule has 3 nitrogen and oxygen atoms in total. The monoisotopic (exact) mass is 280 g/mol. The fourth-order valence-corrected chi connectivity index (χ4v) is 3.23. The Kier molecular flexibility index (Phi) is 6.03. The Bertz CT molecular complexity index is 561. The molecule has 0 bridgehead atoms. The van der Waals surface area contributed by atoms with Crippen LogP contribution in [0.4, 0.5) is 0 Å². The highest BCUT2D eigenvalue weighted by molar-refractivity contribution is 7.95. The van der Waals surface area contributed by atoms with Crippen molar-refractivity contribution in [2.75, 3.05) is 6.61 Å². The van der Waals surface area contributed by atoms with Gasteiger partial charge in [-0.3, -0.25) is 0 Å². The number of allylic oxidation sites excluding steroid dienone is 1. The molecule has 0 saturated heterocycles. The largest absolute Gasteiger partial charge is 0.396 e. The number of rotatable bonds is 6. The summed E-state index contributed by atoms with van der Waals surface area (Å²) in [5.74, 6) is 0. The van der Waals surface area contributed by atoms with E-state index in [9.17, 15) is 8.42 Å². The van der Waals surface area contributed by atoms with Crippen molar-refractivity contribution in [3.63, 3.8) is 0 Å². The molecule has 0 aliphatic heterocycles. The number of aliphatic hydroxyl groups is 1. The predicted octanol–water partition coefficient (Wildman–Crippen LogP) is 3.07. The van der Waals surface area contributed by atoms with Gasteiger partial charge < -0.3 is 5.11 Å². The summed E-state index contributed by atoms with van der Waals surface area (Å²) < 4.78 is 25.0. The summed E-state index contributed by atoms with van der Waals surface area (Å²) in [4.78, 5) is 0.592. The Morgan fingerprint density at radius 2 is 1.79 bits per heavy atom. The lowest BCUT2D eigenvalue weighted by atomic mass is 10.2. The lowest BCUT2D eigenvalue weighted by Crippen LogP contribution is -2.05. The molecule has 0 heterocycles. The van der Waals surface area contributed by atoms with E-state index in [2.05, 4.69) is 5.73 Å². The highest BCUT2D eigenvalue weighted by Crippen LogP contribution is 2.22. The molecule has 4 heteroatoms. The molecule has 1 N–H and O–H groups in total. The van der Waals surface area contributed by atoms with Gasteiger partial charge in [0.1, 0.15) is 0 Å². The molecule has 0 unspecified atom stereocenters. The van der Waals surface area contributed by atoms with Gasteiger partial charge in [0.2, 0.25) is 9.84 Å². The van der Waals surface area contributed by atoms with Gasteiger partial charge in [-0.1, -0.05) is 18.2 Å². The molecule has 0 radical (unpaired) electrons. The molecule has 0 atom stereocenters.